The van der Waals surface area contributed by atoms with Crippen molar-refractivity contribution in [2.24, 2.45) is 11.8 Å². The Morgan fingerprint density at radius 2 is 2.20 bits per heavy atom. The van der Waals surface area contributed by atoms with E-state index in [9.17, 15) is 4.79 Å². The minimum absolute atomic E-state index is 0.306. The van der Waals surface area contributed by atoms with Crippen molar-refractivity contribution in [1.29, 1.82) is 0 Å². The minimum Gasteiger partial charge on any atom is -0.299 e. The molecule has 0 heterocycles. The number of rotatable bonds is 4. The predicted octanol–water partition coefficient (Wildman–Crippen LogP) is 2.40. The Hall–Kier alpha value is -0.330. The Labute approximate surface area is 62.8 Å². The molecule has 0 bridgehead atoms. The van der Waals surface area contributed by atoms with Crippen LogP contribution in [0.4, 0.5) is 0 Å². The summed E-state index contributed by atoms with van der Waals surface area (Å²) in [7, 11) is 0. The van der Waals surface area contributed by atoms with E-state index in [2.05, 4.69) is 6.92 Å². The summed E-state index contributed by atoms with van der Waals surface area (Å²) in [5, 5.41) is 0. The van der Waals surface area contributed by atoms with Crippen LogP contribution < -0.4 is 0 Å². The van der Waals surface area contributed by atoms with Gasteiger partial charge in [-0.1, -0.05) is 13.8 Å². The number of hydrogen-bond acceptors (Lipinski definition) is 1. The van der Waals surface area contributed by atoms with Crippen molar-refractivity contribution in [1.82, 2.24) is 0 Å². The van der Waals surface area contributed by atoms with Crippen LogP contribution in [0.15, 0.2) is 0 Å². The van der Waals surface area contributed by atoms with E-state index in [1.807, 2.05) is 6.92 Å². The van der Waals surface area contributed by atoms with Crippen LogP contribution in [0.3, 0.4) is 0 Å². The Morgan fingerprint density at radius 3 is 2.60 bits per heavy atom. The zero-order valence-electron chi connectivity index (χ0n) is 6.89. The van der Waals surface area contributed by atoms with Gasteiger partial charge in [0.15, 0.2) is 0 Å². The second kappa shape index (κ2) is 3.18. The Balaban J connectivity index is 2.18. The summed E-state index contributed by atoms with van der Waals surface area (Å²) in [5.41, 5.74) is 0. The van der Waals surface area contributed by atoms with Crippen LogP contribution >= 0.6 is 0 Å². The van der Waals surface area contributed by atoms with E-state index in [-0.39, 0.29) is 0 Å². The molecule has 0 spiro atoms. The number of Topliss-reactive ketones (excluding diaryl/α,β-unsaturated/α-hetero) is 1. The highest BCUT2D eigenvalue weighted by atomic mass is 16.1. The van der Waals surface area contributed by atoms with E-state index < -0.39 is 0 Å². The van der Waals surface area contributed by atoms with Crippen molar-refractivity contribution in [2.45, 2.75) is 39.5 Å². The van der Waals surface area contributed by atoms with E-state index in [0.29, 0.717) is 11.7 Å². The summed E-state index contributed by atoms with van der Waals surface area (Å²) in [6.07, 6.45) is 4.45. The molecule has 1 fully saturated rings. The predicted molar refractivity (Wildman–Crippen MR) is 41.8 cm³/mol. The van der Waals surface area contributed by atoms with Gasteiger partial charge in [0, 0.05) is 12.3 Å². The van der Waals surface area contributed by atoms with Crippen LogP contribution in [0.1, 0.15) is 39.5 Å². The molecule has 0 N–H and O–H groups in total. The first-order chi connectivity index (χ1) is 4.74. The zero-order chi connectivity index (χ0) is 7.56. The first-order valence-corrected chi connectivity index (χ1v) is 4.26. The highest BCUT2D eigenvalue weighted by molar-refractivity contribution is 5.81. The fourth-order valence-electron chi connectivity index (χ4n) is 1.04. The maximum atomic E-state index is 11.2. The van der Waals surface area contributed by atoms with Gasteiger partial charge in [0.2, 0.25) is 0 Å². The third-order valence-corrected chi connectivity index (χ3v) is 2.35. The largest absolute Gasteiger partial charge is 0.299 e. The smallest absolute Gasteiger partial charge is 0.135 e. The molecule has 1 aliphatic carbocycles. The molecule has 1 nitrogen and oxygen atoms in total. The Morgan fingerprint density at radius 1 is 1.60 bits per heavy atom. The molecule has 1 saturated carbocycles. The highest BCUT2D eigenvalue weighted by Gasteiger charge is 2.25. The van der Waals surface area contributed by atoms with Crippen molar-refractivity contribution < 1.29 is 4.79 Å². The lowest BCUT2D eigenvalue weighted by Crippen LogP contribution is -2.09. The summed E-state index contributed by atoms with van der Waals surface area (Å²) in [6.45, 7) is 4.11. The van der Waals surface area contributed by atoms with Gasteiger partial charge in [-0.2, -0.15) is 0 Å². The molecule has 1 aliphatic rings. The number of carbonyl (C=O) groups is 1. The SMILES string of the molecule is CCC(C)C(=O)CC1CC1. The lowest BCUT2D eigenvalue weighted by Gasteiger charge is -2.04. The monoisotopic (exact) mass is 140 g/mol. The van der Waals surface area contributed by atoms with Gasteiger partial charge in [-0.25, -0.2) is 0 Å². The van der Waals surface area contributed by atoms with Crippen LogP contribution in [-0.4, -0.2) is 5.78 Å². The van der Waals surface area contributed by atoms with Gasteiger partial charge in [0.05, 0.1) is 0 Å². The first-order valence-electron chi connectivity index (χ1n) is 4.26. The average Bonchev–Trinajstić information content (AvgIpc) is 2.70. The molecule has 0 saturated heterocycles. The molecule has 1 rings (SSSR count). The van der Waals surface area contributed by atoms with Crippen molar-refractivity contribution >= 4 is 5.78 Å². The van der Waals surface area contributed by atoms with Gasteiger partial charge in [-0.3, -0.25) is 4.79 Å². The van der Waals surface area contributed by atoms with E-state index in [4.69, 9.17) is 0 Å². The van der Waals surface area contributed by atoms with Crippen molar-refractivity contribution in [2.75, 3.05) is 0 Å². The third-order valence-electron chi connectivity index (χ3n) is 2.35. The third kappa shape index (κ3) is 2.13. The molecule has 10 heavy (non-hydrogen) atoms. The molecule has 0 radical (unpaired) electrons. The van der Waals surface area contributed by atoms with Crippen LogP contribution in [0.5, 0.6) is 0 Å². The van der Waals surface area contributed by atoms with E-state index in [0.717, 1.165) is 18.8 Å². The van der Waals surface area contributed by atoms with Gasteiger partial charge in [0.25, 0.3) is 0 Å². The molecule has 1 heteroatoms. The normalized spacial score (nSPS) is 20.6. The molecule has 58 valence electrons. The van der Waals surface area contributed by atoms with Crippen LogP contribution in [0.25, 0.3) is 0 Å². The minimum atomic E-state index is 0.306. The lowest BCUT2D eigenvalue weighted by molar-refractivity contribution is -0.122. The summed E-state index contributed by atoms with van der Waals surface area (Å²) in [5.74, 6) is 1.55. The Bertz CT molecular complexity index is 125. The quantitative estimate of drug-likeness (QED) is 0.586. The summed E-state index contributed by atoms with van der Waals surface area (Å²) < 4.78 is 0. The van der Waals surface area contributed by atoms with E-state index in [1.54, 1.807) is 0 Å². The maximum absolute atomic E-state index is 11.2. The van der Waals surface area contributed by atoms with Gasteiger partial charge in [-0.15, -0.1) is 0 Å². The topological polar surface area (TPSA) is 17.1 Å². The molecule has 0 aliphatic heterocycles. The lowest BCUT2D eigenvalue weighted by atomic mass is 9.99. The van der Waals surface area contributed by atoms with Crippen molar-refractivity contribution in [3.63, 3.8) is 0 Å². The molecule has 0 aromatic rings. The molecular weight excluding hydrogens is 124 g/mol. The molecule has 0 aromatic heterocycles. The van der Waals surface area contributed by atoms with Gasteiger partial charge >= 0.3 is 0 Å². The van der Waals surface area contributed by atoms with E-state index in [1.165, 1.54) is 12.8 Å². The van der Waals surface area contributed by atoms with Crippen LogP contribution in [0.2, 0.25) is 0 Å². The first kappa shape index (κ1) is 7.77. The second-order valence-corrected chi connectivity index (χ2v) is 3.42. The number of hydrogen-bond donors (Lipinski definition) is 0. The van der Waals surface area contributed by atoms with Crippen molar-refractivity contribution in [3.05, 3.63) is 0 Å². The van der Waals surface area contributed by atoms with Crippen LogP contribution in [-0.2, 0) is 4.79 Å². The number of carbonyl (C=O) groups excluding carboxylic acids is 1. The molecule has 1 unspecified atom stereocenters. The van der Waals surface area contributed by atoms with Gasteiger partial charge < -0.3 is 0 Å². The van der Waals surface area contributed by atoms with Gasteiger partial charge in [0.1, 0.15) is 5.78 Å². The fraction of sp³-hybridized carbons (Fsp3) is 0.889. The molecular formula is C9H16O. The number of ketones is 1. The summed E-state index contributed by atoms with van der Waals surface area (Å²) in [6, 6.07) is 0. The highest BCUT2D eigenvalue weighted by Crippen LogP contribution is 2.33. The van der Waals surface area contributed by atoms with Crippen molar-refractivity contribution in [3.8, 4) is 0 Å². The van der Waals surface area contributed by atoms with Gasteiger partial charge in [-0.05, 0) is 25.2 Å². The zero-order valence-corrected chi connectivity index (χ0v) is 6.89. The maximum Gasteiger partial charge on any atom is 0.135 e. The fourth-order valence-corrected chi connectivity index (χ4v) is 1.04. The molecule has 0 aromatic carbocycles. The summed E-state index contributed by atoms with van der Waals surface area (Å²) in [4.78, 5) is 11.2. The second-order valence-electron chi connectivity index (χ2n) is 3.42. The molecule has 0 amide bonds. The summed E-state index contributed by atoms with van der Waals surface area (Å²) >= 11 is 0. The standard InChI is InChI=1S/C9H16O/c1-3-7(2)9(10)6-8-4-5-8/h7-8H,3-6H2,1-2H3. The van der Waals surface area contributed by atoms with Crippen LogP contribution in [0, 0.1) is 11.8 Å². The average molecular weight is 140 g/mol. The van der Waals surface area contributed by atoms with E-state index >= 15 is 0 Å². The Kier molecular flexibility index (Phi) is 2.47. The molecule has 1 atom stereocenters.